The van der Waals surface area contributed by atoms with Crippen molar-refractivity contribution < 1.29 is 57.1 Å². The molecule has 2 aliphatic rings. The van der Waals surface area contributed by atoms with Gasteiger partial charge in [-0.3, -0.25) is 34.2 Å². The molecule has 0 radical (unpaired) electrons. The summed E-state index contributed by atoms with van der Waals surface area (Å²) in [7, 11) is 0. The first-order chi connectivity index (χ1) is 23.9. The average Bonchev–Trinajstić information content (AvgIpc) is 3.34. The van der Waals surface area contributed by atoms with E-state index >= 15 is 0 Å². The number of benzene rings is 1. The second-order valence-corrected chi connectivity index (χ2v) is 12.1. The third kappa shape index (κ3) is 15.1. The monoisotopic (exact) mass is 805 g/mol. The number of alkyl halides is 1. The fraction of sp³-hybridized carbons (Fsp3) is 0.667. The Kier molecular flexibility index (Phi) is 20.5. The number of nitrogens with zero attached hydrogens (tertiary/aromatic N) is 1. The summed E-state index contributed by atoms with van der Waals surface area (Å²) in [5.74, 6) is -2.70. The smallest absolute Gasteiger partial charge is 0.264 e. The highest BCUT2D eigenvalue weighted by Crippen LogP contribution is 2.32. The maximum absolute atomic E-state index is 13.2. The molecule has 16 heteroatoms. The van der Waals surface area contributed by atoms with Crippen molar-refractivity contribution in [3.8, 4) is 0 Å². The van der Waals surface area contributed by atoms with Gasteiger partial charge in [0, 0.05) is 23.9 Å². The number of carbonyl (C=O) groups is 5. The first kappa shape index (κ1) is 40.8. The van der Waals surface area contributed by atoms with Crippen LogP contribution < -0.4 is 10.6 Å². The van der Waals surface area contributed by atoms with Gasteiger partial charge in [0.25, 0.3) is 11.8 Å². The number of hydrogen-bond acceptors (Lipinski definition) is 12. The predicted molar refractivity (Wildman–Crippen MR) is 185 cm³/mol. The molecule has 15 nitrogen and oxygen atoms in total. The SMILES string of the molecule is O=C1CCC(N2C(=O)c3cccc(NC(=O)CCCCCOCCOCCOCCOCCOCCOCCOCCI)c3C2=O)C(=O)N1. The molecule has 49 heavy (non-hydrogen) atoms. The molecule has 3 rings (SSSR count). The van der Waals surface area contributed by atoms with Crippen LogP contribution >= 0.6 is 22.6 Å². The van der Waals surface area contributed by atoms with Crippen molar-refractivity contribution in [2.45, 2.75) is 44.6 Å². The van der Waals surface area contributed by atoms with Crippen LogP contribution in [0.1, 0.15) is 59.2 Å². The second kappa shape index (κ2) is 24.5. The summed E-state index contributed by atoms with van der Waals surface area (Å²) >= 11 is 2.27. The molecule has 1 atom stereocenters. The number of ether oxygens (including phenoxy) is 7. The van der Waals surface area contributed by atoms with Gasteiger partial charge < -0.3 is 38.5 Å². The molecule has 2 N–H and O–H groups in total. The van der Waals surface area contributed by atoms with Gasteiger partial charge in [0.1, 0.15) is 6.04 Å². The number of nitrogens with one attached hydrogen (secondary N) is 2. The van der Waals surface area contributed by atoms with E-state index in [0.29, 0.717) is 92.3 Å². The lowest BCUT2D eigenvalue weighted by Crippen LogP contribution is -2.54. The van der Waals surface area contributed by atoms with E-state index in [-0.39, 0.29) is 42.0 Å². The van der Waals surface area contributed by atoms with Crippen molar-refractivity contribution >= 4 is 57.8 Å². The van der Waals surface area contributed by atoms with Crippen LogP contribution in [-0.4, -0.2) is 137 Å². The normalized spacial score (nSPS) is 15.9. The number of halogens is 1. The highest BCUT2D eigenvalue weighted by molar-refractivity contribution is 14.1. The number of piperidine rings is 1. The standard InChI is InChI=1S/C33H48IN3O12/c34-10-12-44-14-16-46-18-20-48-22-24-49-23-21-47-19-17-45-15-13-43-11-3-1-2-7-28(38)35-26-6-4-5-25-30(26)33(42)37(32(25)41)27-8-9-29(39)36-31(27)40/h4-6,27H,1-3,7-24H2,(H,35,38)(H,36,39,40). The van der Waals surface area contributed by atoms with Crippen LogP contribution in [0.5, 0.6) is 0 Å². The Bertz CT molecular complexity index is 1200. The molecule has 0 spiro atoms. The molecule has 0 bridgehead atoms. The maximum Gasteiger partial charge on any atom is 0.264 e. The first-order valence-corrected chi connectivity index (χ1v) is 18.2. The van der Waals surface area contributed by atoms with E-state index in [1.807, 2.05) is 0 Å². The Morgan fingerprint density at radius 1 is 0.714 bits per heavy atom. The van der Waals surface area contributed by atoms with Crippen LogP contribution in [-0.2, 0) is 47.5 Å². The molecule has 2 aliphatic heterocycles. The minimum absolute atomic E-state index is 0.0326. The van der Waals surface area contributed by atoms with E-state index in [1.54, 1.807) is 12.1 Å². The Morgan fingerprint density at radius 3 is 1.78 bits per heavy atom. The lowest BCUT2D eigenvalue weighted by Gasteiger charge is -2.27. The van der Waals surface area contributed by atoms with Crippen molar-refractivity contribution in [2.75, 3.05) is 102 Å². The molecule has 1 aromatic carbocycles. The van der Waals surface area contributed by atoms with E-state index < -0.39 is 29.7 Å². The van der Waals surface area contributed by atoms with E-state index in [0.717, 1.165) is 28.8 Å². The summed E-state index contributed by atoms with van der Waals surface area (Å²) in [5.41, 5.74) is 0.395. The second-order valence-electron chi connectivity index (χ2n) is 11.0. The number of carbonyl (C=O) groups excluding carboxylic acids is 5. The molecule has 1 fully saturated rings. The zero-order chi connectivity index (χ0) is 35.1. The van der Waals surface area contributed by atoms with Gasteiger partial charge >= 0.3 is 0 Å². The van der Waals surface area contributed by atoms with Crippen LogP contribution in [0, 0.1) is 0 Å². The van der Waals surface area contributed by atoms with Crippen molar-refractivity contribution in [2.24, 2.45) is 0 Å². The Hall–Kier alpha value is -2.58. The van der Waals surface area contributed by atoms with Crippen LogP contribution in [0.4, 0.5) is 5.69 Å². The number of unbranched alkanes of at least 4 members (excludes halogenated alkanes) is 2. The summed E-state index contributed by atoms with van der Waals surface area (Å²) in [6.07, 6.45) is 2.49. The van der Waals surface area contributed by atoms with Crippen LogP contribution in [0.25, 0.3) is 0 Å². The Balaban J connectivity index is 1.11. The maximum atomic E-state index is 13.2. The molecular weight excluding hydrogens is 757 g/mol. The molecule has 0 saturated carbocycles. The quantitative estimate of drug-likeness (QED) is 0.0547. The zero-order valence-corrected chi connectivity index (χ0v) is 30.0. The first-order valence-electron chi connectivity index (χ1n) is 16.7. The average molecular weight is 806 g/mol. The summed E-state index contributed by atoms with van der Waals surface area (Å²) in [4.78, 5) is 63.4. The van der Waals surface area contributed by atoms with Crippen molar-refractivity contribution in [3.63, 3.8) is 0 Å². The van der Waals surface area contributed by atoms with Crippen LogP contribution in [0.3, 0.4) is 0 Å². The van der Waals surface area contributed by atoms with Gasteiger partial charge in [0.15, 0.2) is 0 Å². The minimum Gasteiger partial charge on any atom is -0.379 e. The van der Waals surface area contributed by atoms with E-state index in [2.05, 4.69) is 33.2 Å². The summed E-state index contributed by atoms with van der Waals surface area (Å²) in [6, 6.07) is 3.54. The lowest BCUT2D eigenvalue weighted by atomic mass is 10.0. The highest BCUT2D eigenvalue weighted by Gasteiger charge is 2.45. The number of hydrogen-bond donors (Lipinski definition) is 2. The van der Waals surface area contributed by atoms with Crippen molar-refractivity contribution in [3.05, 3.63) is 29.3 Å². The lowest BCUT2D eigenvalue weighted by molar-refractivity contribution is -0.136. The molecular formula is C33H48IN3O12. The number of rotatable bonds is 28. The number of imide groups is 2. The third-order valence-corrected chi connectivity index (χ3v) is 7.83. The van der Waals surface area contributed by atoms with Crippen LogP contribution in [0.2, 0.25) is 0 Å². The van der Waals surface area contributed by atoms with Gasteiger partial charge in [-0.05, 0) is 31.4 Å². The molecule has 0 aromatic heterocycles. The van der Waals surface area contributed by atoms with Gasteiger partial charge in [-0.15, -0.1) is 0 Å². The molecule has 0 aliphatic carbocycles. The molecule has 1 saturated heterocycles. The van der Waals surface area contributed by atoms with Crippen molar-refractivity contribution in [1.82, 2.24) is 10.2 Å². The van der Waals surface area contributed by atoms with Crippen molar-refractivity contribution in [1.29, 1.82) is 0 Å². The largest absolute Gasteiger partial charge is 0.379 e. The fourth-order valence-corrected chi connectivity index (χ4v) is 5.29. The molecule has 274 valence electrons. The topological polar surface area (TPSA) is 177 Å². The van der Waals surface area contributed by atoms with E-state index in [1.165, 1.54) is 6.07 Å². The number of fused-ring (bicyclic) bond motifs is 1. The number of anilines is 1. The minimum atomic E-state index is -1.07. The van der Waals surface area contributed by atoms with E-state index in [4.69, 9.17) is 33.2 Å². The molecule has 2 heterocycles. The highest BCUT2D eigenvalue weighted by atomic mass is 127. The summed E-state index contributed by atoms with van der Waals surface area (Å²) in [6.45, 7) is 7.35. The Labute approximate surface area is 300 Å². The molecule has 5 amide bonds. The van der Waals surface area contributed by atoms with Gasteiger partial charge in [-0.1, -0.05) is 35.1 Å². The van der Waals surface area contributed by atoms with Gasteiger partial charge in [-0.2, -0.15) is 0 Å². The van der Waals surface area contributed by atoms with Gasteiger partial charge in [-0.25, -0.2) is 0 Å². The molecule has 1 aromatic rings. The third-order valence-electron chi connectivity index (χ3n) is 7.39. The van der Waals surface area contributed by atoms with Crippen LogP contribution in [0.15, 0.2) is 18.2 Å². The summed E-state index contributed by atoms with van der Waals surface area (Å²) < 4.78 is 39.1. The summed E-state index contributed by atoms with van der Waals surface area (Å²) in [5, 5.41) is 4.90. The fourth-order valence-electron chi connectivity index (χ4n) is 4.97. The Morgan fingerprint density at radius 2 is 1.24 bits per heavy atom. The zero-order valence-electron chi connectivity index (χ0n) is 27.9. The van der Waals surface area contributed by atoms with Gasteiger partial charge in [0.05, 0.1) is 103 Å². The molecule has 1 unspecified atom stereocenters. The van der Waals surface area contributed by atoms with E-state index in [9.17, 15) is 24.0 Å². The predicted octanol–water partition coefficient (Wildman–Crippen LogP) is 2.14. The number of amides is 5. The van der Waals surface area contributed by atoms with Gasteiger partial charge in [0.2, 0.25) is 17.7 Å².